The van der Waals surface area contributed by atoms with Crippen LogP contribution in [0.3, 0.4) is 0 Å². The van der Waals surface area contributed by atoms with Crippen LogP contribution in [0, 0.1) is 5.92 Å². The van der Waals surface area contributed by atoms with Gasteiger partial charge in [-0.2, -0.15) is 13.2 Å². The molecule has 0 amide bonds. The van der Waals surface area contributed by atoms with Crippen molar-refractivity contribution in [2.24, 2.45) is 5.92 Å². The molecule has 0 bridgehead atoms. The van der Waals surface area contributed by atoms with Crippen molar-refractivity contribution in [1.29, 1.82) is 0 Å². The second-order valence-electron chi connectivity index (χ2n) is 4.42. The van der Waals surface area contributed by atoms with Gasteiger partial charge in [0, 0.05) is 5.92 Å². The number of hydrogen-bond acceptors (Lipinski definition) is 3. The molecule has 0 spiro atoms. The van der Waals surface area contributed by atoms with Crippen molar-refractivity contribution in [2.45, 2.75) is 44.4 Å². The van der Waals surface area contributed by atoms with Crippen LogP contribution in [0.25, 0.3) is 0 Å². The molecule has 0 saturated heterocycles. The van der Waals surface area contributed by atoms with Crippen molar-refractivity contribution in [3.05, 3.63) is 17.8 Å². The Morgan fingerprint density at radius 1 is 1.41 bits per heavy atom. The summed E-state index contributed by atoms with van der Waals surface area (Å²) in [6, 6.07) is 0. The van der Waals surface area contributed by atoms with Gasteiger partial charge < -0.3 is 9.52 Å². The summed E-state index contributed by atoms with van der Waals surface area (Å²) in [5.74, 6) is -1.13. The number of aliphatic hydroxyl groups is 1. The molecule has 2 atom stereocenters. The zero-order valence-corrected chi connectivity index (χ0v) is 9.20. The third kappa shape index (κ3) is 2.62. The maximum absolute atomic E-state index is 12.6. The number of aromatic nitrogens is 1. The highest BCUT2D eigenvalue weighted by Gasteiger charge is 2.43. The summed E-state index contributed by atoms with van der Waals surface area (Å²) in [5.41, 5.74) is 0.359. The van der Waals surface area contributed by atoms with Gasteiger partial charge in [-0.1, -0.05) is 6.42 Å². The molecule has 1 aromatic heterocycles. The molecule has 2 unspecified atom stereocenters. The molecule has 1 aliphatic rings. The Morgan fingerprint density at radius 2 is 2.18 bits per heavy atom. The quantitative estimate of drug-likeness (QED) is 0.876. The van der Waals surface area contributed by atoms with Gasteiger partial charge >= 0.3 is 6.18 Å². The summed E-state index contributed by atoms with van der Waals surface area (Å²) in [4.78, 5) is 3.80. The zero-order chi connectivity index (χ0) is 12.5. The number of aliphatic hydroxyl groups excluding tert-OH is 1. The van der Waals surface area contributed by atoms with E-state index < -0.39 is 12.1 Å². The minimum atomic E-state index is -4.14. The first-order valence-corrected chi connectivity index (χ1v) is 5.62. The molecule has 0 aromatic carbocycles. The van der Waals surface area contributed by atoms with Crippen molar-refractivity contribution in [3.8, 4) is 0 Å². The Kier molecular flexibility index (Phi) is 3.42. The number of nitrogens with zero attached hydrogens (tertiary/aromatic N) is 1. The number of rotatable bonds is 2. The van der Waals surface area contributed by atoms with Gasteiger partial charge in [0.25, 0.3) is 0 Å². The lowest BCUT2D eigenvalue weighted by atomic mass is 9.79. The number of oxazole rings is 1. The Morgan fingerprint density at radius 3 is 2.82 bits per heavy atom. The first kappa shape index (κ1) is 12.4. The van der Waals surface area contributed by atoms with E-state index in [0.29, 0.717) is 24.3 Å². The van der Waals surface area contributed by atoms with Crippen molar-refractivity contribution in [2.75, 3.05) is 0 Å². The van der Waals surface area contributed by atoms with Crippen LogP contribution in [-0.4, -0.2) is 16.3 Å². The standard InChI is InChI=1S/C11H14F3NO2/c12-11(13,14)8-3-1-2-7(4-8)10-9(5-16)15-6-17-10/h6-8,16H,1-5H2. The Hall–Kier alpha value is -1.04. The molecule has 1 saturated carbocycles. The second-order valence-corrected chi connectivity index (χ2v) is 4.42. The van der Waals surface area contributed by atoms with Crippen LogP contribution >= 0.6 is 0 Å². The van der Waals surface area contributed by atoms with Gasteiger partial charge in [0.2, 0.25) is 0 Å². The van der Waals surface area contributed by atoms with Crippen molar-refractivity contribution >= 4 is 0 Å². The second kappa shape index (κ2) is 4.68. The van der Waals surface area contributed by atoms with Crippen LogP contribution in [0.15, 0.2) is 10.8 Å². The van der Waals surface area contributed by atoms with Crippen LogP contribution in [0.1, 0.15) is 43.1 Å². The summed E-state index contributed by atoms with van der Waals surface area (Å²) >= 11 is 0. The zero-order valence-electron chi connectivity index (χ0n) is 9.20. The monoisotopic (exact) mass is 249 g/mol. The van der Waals surface area contributed by atoms with Gasteiger partial charge in [-0.3, -0.25) is 0 Å². The first-order valence-electron chi connectivity index (χ1n) is 5.62. The van der Waals surface area contributed by atoms with Gasteiger partial charge in [0.05, 0.1) is 12.5 Å². The van der Waals surface area contributed by atoms with E-state index in [-0.39, 0.29) is 25.4 Å². The highest BCUT2D eigenvalue weighted by molar-refractivity contribution is 5.13. The van der Waals surface area contributed by atoms with Crippen LogP contribution in [-0.2, 0) is 6.61 Å². The fourth-order valence-electron chi connectivity index (χ4n) is 2.45. The fraction of sp³-hybridized carbons (Fsp3) is 0.727. The first-order chi connectivity index (χ1) is 8.02. The smallest absolute Gasteiger partial charge is 0.391 e. The van der Waals surface area contributed by atoms with E-state index in [1.807, 2.05) is 0 Å². The molecule has 1 aromatic rings. The normalized spacial score (nSPS) is 26.1. The van der Waals surface area contributed by atoms with Gasteiger partial charge in [-0.15, -0.1) is 0 Å². The molecule has 0 aliphatic heterocycles. The minimum Gasteiger partial charge on any atom is -0.448 e. The van der Waals surface area contributed by atoms with Crippen LogP contribution in [0.4, 0.5) is 13.2 Å². The lowest BCUT2D eigenvalue weighted by molar-refractivity contribution is -0.183. The third-order valence-corrected chi connectivity index (χ3v) is 3.33. The molecule has 96 valence electrons. The maximum atomic E-state index is 12.6. The SMILES string of the molecule is OCc1ncoc1C1CCCC(C(F)(F)F)C1. The molecular formula is C11H14F3NO2. The predicted octanol–water partition coefficient (Wildman–Crippen LogP) is 3.00. The van der Waals surface area contributed by atoms with E-state index in [0.717, 1.165) is 0 Å². The largest absolute Gasteiger partial charge is 0.448 e. The van der Waals surface area contributed by atoms with E-state index >= 15 is 0 Å². The molecule has 1 aliphatic carbocycles. The van der Waals surface area contributed by atoms with Gasteiger partial charge in [-0.25, -0.2) is 4.98 Å². The lowest BCUT2D eigenvalue weighted by Gasteiger charge is -2.29. The molecule has 2 rings (SSSR count). The molecule has 1 N–H and O–H groups in total. The summed E-state index contributed by atoms with van der Waals surface area (Å²) in [5, 5.41) is 9.02. The number of hydrogen-bond donors (Lipinski definition) is 1. The van der Waals surface area contributed by atoms with E-state index in [4.69, 9.17) is 9.52 Å². The Bertz CT molecular complexity index is 375. The highest BCUT2D eigenvalue weighted by Crippen LogP contribution is 2.44. The van der Waals surface area contributed by atoms with Crippen molar-refractivity contribution < 1.29 is 22.7 Å². The summed E-state index contributed by atoms with van der Waals surface area (Å²) in [6.45, 7) is -0.293. The molecule has 0 radical (unpaired) electrons. The van der Waals surface area contributed by atoms with Crippen LogP contribution in [0.5, 0.6) is 0 Å². The van der Waals surface area contributed by atoms with E-state index in [9.17, 15) is 13.2 Å². The Balaban J connectivity index is 2.12. The average Bonchev–Trinajstić information content (AvgIpc) is 2.76. The summed E-state index contributed by atoms with van der Waals surface area (Å²) < 4.78 is 43.0. The maximum Gasteiger partial charge on any atom is 0.391 e. The topological polar surface area (TPSA) is 46.3 Å². The van der Waals surface area contributed by atoms with Crippen molar-refractivity contribution in [3.63, 3.8) is 0 Å². The molecule has 1 fully saturated rings. The summed E-state index contributed by atoms with van der Waals surface area (Å²) in [6.07, 6.45) is -1.56. The predicted molar refractivity (Wildman–Crippen MR) is 53.2 cm³/mol. The average molecular weight is 249 g/mol. The number of halogens is 3. The van der Waals surface area contributed by atoms with Crippen LogP contribution < -0.4 is 0 Å². The van der Waals surface area contributed by atoms with Gasteiger partial charge in [-0.05, 0) is 19.3 Å². The molecule has 3 nitrogen and oxygen atoms in total. The van der Waals surface area contributed by atoms with Crippen molar-refractivity contribution in [1.82, 2.24) is 4.98 Å². The summed E-state index contributed by atoms with van der Waals surface area (Å²) in [7, 11) is 0. The molecular weight excluding hydrogens is 235 g/mol. The van der Waals surface area contributed by atoms with E-state index in [2.05, 4.69) is 4.98 Å². The Labute approximate surface area is 96.6 Å². The van der Waals surface area contributed by atoms with E-state index in [1.54, 1.807) is 0 Å². The third-order valence-electron chi connectivity index (χ3n) is 3.33. The molecule has 6 heteroatoms. The van der Waals surface area contributed by atoms with Crippen LogP contribution in [0.2, 0.25) is 0 Å². The number of alkyl halides is 3. The van der Waals surface area contributed by atoms with Gasteiger partial charge in [0.1, 0.15) is 11.5 Å². The minimum absolute atomic E-state index is 0.0334. The fourth-order valence-corrected chi connectivity index (χ4v) is 2.45. The highest BCUT2D eigenvalue weighted by atomic mass is 19.4. The molecule has 17 heavy (non-hydrogen) atoms. The van der Waals surface area contributed by atoms with E-state index in [1.165, 1.54) is 6.39 Å². The molecule has 1 heterocycles. The van der Waals surface area contributed by atoms with Gasteiger partial charge in [0.15, 0.2) is 6.39 Å². The lowest BCUT2D eigenvalue weighted by Crippen LogP contribution is -2.28.